The van der Waals surface area contributed by atoms with Crippen LogP contribution in [0, 0.1) is 23.7 Å². The highest BCUT2D eigenvalue weighted by Crippen LogP contribution is 2.35. The average Bonchev–Trinajstić information content (AvgIpc) is 2.64. The van der Waals surface area contributed by atoms with Gasteiger partial charge in [-0.2, -0.15) is 0 Å². The second kappa shape index (κ2) is 11.9. The standard InChI is InChI=1S/C24H42/c1-3-5-6-7-10-22-17-19-24(20-18-22)12-9-8-11-23-15-13-21(4-2)14-16-23/h4,8,11,21-24H,2-3,5-7,9-10,12-20H2,1H3/b11-8+/t21-,22-,23-,24-. The van der Waals surface area contributed by atoms with E-state index in [1.54, 1.807) is 0 Å². The van der Waals surface area contributed by atoms with E-state index in [0.717, 1.165) is 23.7 Å². The van der Waals surface area contributed by atoms with E-state index >= 15 is 0 Å². The summed E-state index contributed by atoms with van der Waals surface area (Å²) in [5, 5.41) is 0. The summed E-state index contributed by atoms with van der Waals surface area (Å²) in [5.41, 5.74) is 0. The zero-order valence-electron chi connectivity index (χ0n) is 16.4. The minimum atomic E-state index is 0.798. The summed E-state index contributed by atoms with van der Waals surface area (Å²) < 4.78 is 0. The average molecular weight is 331 g/mol. The van der Waals surface area contributed by atoms with Gasteiger partial charge < -0.3 is 0 Å². The van der Waals surface area contributed by atoms with Gasteiger partial charge >= 0.3 is 0 Å². The minimum absolute atomic E-state index is 0.798. The number of hydrogen-bond acceptors (Lipinski definition) is 0. The molecular weight excluding hydrogens is 288 g/mol. The molecule has 0 aromatic carbocycles. The highest BCUT2D eigenvalue weighted by atomic mass is 14.3. The first-order valence-corrected chi connectivity index (χ1v) is 11.1. The Bertz CT molecular complexity index is 337. The summed E-state index contributed by atoms with van der Waals surface area (Å²) >= 11 is 0. The molecule has 0 saturated heterocycles. The van der Waals surface area contributed by atoms with Crippen LogP contribution in [0.4, 0.5) is 0 Å². The molecule has 2 fully saturated rings. The van der Waals surface area contributed by atoms with Gasteiger partial charge in [0.25, 0.3) is 0 Å². The Morgan fingerprint density at radius 1 is 0.750 bits per heavy atom. The second-order valence-electron chi connectivity index (χ2n) is 8.65. The summed E-state index contributed by atoms with van der Waals surface area (Å²) in [7, 11) is 0. The molecular formula is C24H42. The molecule has 0 unspecified atom stereocenters. The largest absolute Gasteiger partial charge is 0.103 e. The maximum atomic E-state index is 3.95. The van der Waals surface area contributed by atoms with E-state index in [1.165, 1.54) is 96.3 Å². The molecule has 0 aromatic rings. The molecule has 24 heavy (non-hydrogen) atoms. The van der Waals surface area contributed by atoms with Crippen LogP contribution in [0.1, 0.15) is 103 Å². The molecule has 0 aromatic heterocycles. The van der Waals surface area contributed by atoms with Gasteiger partial charge in [0, 0.05) is 0 Å². The van der Waals surface area contributed by atoms with Crippen LogP contribution in [0.2, 0.25) is 0 Å². The highest BCUT2D eigenvalue weighted by molar-refractivity contribution is 4.94. The van der Waals surface area contributed by atoms with Crippen LogP contribution < -0.4 is 0 Å². The van der Waals surface area contributed by atoms with Gasteiger partial charge in [0.15, 0.2) is 0 Å². The lowest BCUT2D eigenvalue weighted by Gasteiger charge is -2.28. The van der Waals surface area contributed by atoms with Crippen molar-refractivity contribution in [3.05, 3.63) is 24.8 Å². The maximum Gasteiger partial charge on any atom is -0.0233 e. The lowest BCUT2D eigenvalue weighted by Crippen LogP contribution is -2.14. The topological polar surface area (TPSA) is 0 Å². The van der Waals surface area contributed by atoms with Crippen LogP contribution in [0.3, 0.4) is 0 Å². The van der Waals surface area contributed by atoms with Crippen LogP contribution in [0.5, 0.6) is 0 Å². The molecule has 0 spiro atoms. The molecule has 0 nitrogen and oxygen atoms in total. The molecule has 2 aliphatic carbocycles. The molecule has 0 heteroatoms. The van der Waals surface area contributed by atoms with Gasteiger partial charge in [-0.15, -0.1) is 6.58 Å². The Labute approximate surface area is 152 Å². The molecule has 0 aliphatic heterocycles. The van der Waals surface area contributed by atoms with Crippen molar-refractivity contribution >= 4 is 0 Å². The van der Waals surface area contributed by atoms with Crippen LogP contribution >= 0.6 is 0 Å². The predicted octanol–water partition coefficient (Wildman–Crippen LogP) is 8.09. The Morgan fingerprint density at radius 3 is 2.00 bits per heavy atom. The summed E-state index contributed by atoms with van der Waals surface area (Å²) in [6, 6.07) is 0. The van der Waals surface area contributed by atoms with Gasteiger partial charge in [0.1, 0.15) is 0 Å². The number of unbranched alkanes of at least 4 members (excludes halogenated alkanes) is 3. The van der Waals surface area contributed by atoms with Gasteiger partial charge in [-0.05, 0) is 62.2 Å². The van der Waals surface area contributed by atoms with Crippen molar-refractivity contribution in [2.75, 3.05) is 0 Å². The fraction of sp³-hybridized carbons (Fsp3) is 0.833. The van der Waals surface area contributed by atoms with Crippen LogP contribution in [-0.2, 0) is 0 Å². The van der Waals surface area contributed by atoms with E-state index in [2.05, 4.69) is 31.7 Å². The van der Waals surface area contributed by atoms with E-state index in [0.29, 0.717) is 0 Å². The zero-order chi connectivity index (χ0) is 17.0. The molecule has 0 atom stereocenters. The lowest BCUT2D eigenvalue weighted by molar-refractivity contribution is 0.249. The lowest BCUT2D eigenvalue weighted by atomic mass is 9.78. The molecule has 0 amide bonds. The SMILES string of the molecule is C=C[C@H]1CC[C@H](/C=C/CC[C@H]2CC[C@H](CCCCCC)CC2)CC1. The van der Waals surface area contributed by atoms with Crippen molar-refractivity contribution in [3.63, 3.8) is 0 Å². The second-order valence-corrected chi connectivity index (χ2v) is 8.65. The quantitative estimate of drug-likeness (QED) is 0.280. The highest BCUT2D eigenvalue weighted by Gasteiger charge is 2.20. The van der Waals surface area contributed by atoms with Gasteiger partial charge in [-0.3, -0.25) is 0 Å². The summed E-state index contributed by atoms with van der Waals surface area (Å²) in [5.74, 6) is 3.75. The molecule has 0 bridgehead atoms. The van der Waals surface area contributed by atoms with Crippen molar-refractivity contribution in [2.24, 2.45) is 23.7 Å². The van der Waals surface area contributed by atoms with E-state index in [-0.39, 0.29) is 0 Å². The first-order valence-electron chi connectivity index (χ1n) is 11.1. The Kier molecular flexibility index (Phi) is 9.85. The zero-order valence-corrected chi connectivity index (χ0v) is 16.4. The molecule has 2 aliphatic rings. The van der Waals surface area contributed by atoms with E-state index in [4.69, 9.17) is 0 Å². The fourth-order valence-electron chi connectivity index (χ4n) is 4.86. The Balaban J connectivity index is 1.50. The monoisotopic (exact) mass is 330 g/mol. The van der Waals surface area contributed by atoms with Gasteiger partial charge in [0.2, 0.25) is 0 Å². The van der Waals surface area contributed by atoms with Crippen molar-refractivity contribution in [2.45, 2.75) is 103 Å². The molecule has 0 radical (unpaired) electrons. The van der Waals surface area contributed by atoms with E-state index in [1.807, 2.05) is 0 Å². The van der Waals surface area contributed by atoms with Gasteiger partial charge in [-0.25, -0.2) is 0 Å². The molecule has 2 rings (SSSR count). The third kappa shape index (κ3) is 7.58. The summed E-state index contributed by atoms with van der Waals surface area (Å²) in [4.78, 5) is 0. The first kappa shape index (κ1) is 19.8. The third-order valence-electron chi connectivity index (χ3n) is 6.73. The number of allylic oxidation sites excluding steroid dienone is 3. The molecule has 0 N–H and O–H groups in total. The fourth-order valence-corrected chi connectivity index (χ4v) is 4.86. The molecule has 138 valence electrons. The number of hydrogen-bond donors (Lipinski definition) is 0. The normalized spacial score (nSPS) is 31.4. The van der Waals surface area contributed by atoms with Crippen molar-refractivity contribution in [3.8, 4) is 0 Å². The molecule has 2 saturated carbocycles. The van der Waals surface area contributed by atoms with Gasteiger partial charge in [-0.1, -0.05) is 82.9 Å². The minimum Gasteiger partial charge on any atom is -0.103 e. The summed E-state index contributed by atoms with van der Waals surface area (Å²) in [6.45, 7) is 6.26. The Morgan fingerprint density at radius 2 is 1.38 bits per heavy atom. The number of rotatable bonds is 10. The molecule has 0 heterocycles. The van der Waals surface area contributed by atoms with Crippen LogP contribution in [-0.4, -0.2) is 0 Å². The maximum absolute atomic E-state index is 3.95. The van der Waals surface area contributed by atoms with E-state index in [9.17, 15) is 0 Å². The third-order valence-corrected chi connectivity index (χ3v) is 6.73. The van der Waals surface area contributed by atoms with E-state index < -0.39 is 0 Å². The van der Waals surface area contributed by atoms with Crippen molar-refractivity contribution in [1.82, 2.24) is 0 Å². The van der Waals surface area contributed by atoms with Crippen LogP contribution in [0.15, 0.2) is 24.8 Å². The van der Waals surface area contributed by atoms with Crippen molar-refractivity contribution < 1.29 is 0 Å². The first-order chi connectivity index (χ1) is 11.8. The van der Waals surface area contributed by atoms with Crippen molar-refractivity contribution in [1.29, 1.82) is 0 Å². The predicted molar refractivity (Wildman–Crippen MR) is 108 cm³/mol. The van der Waals surface area contributed by atoms with Crippen LogP contribution in [0.25, 0.3) is 0 Å². The smallest absolute Gasteiger partial charge is 0.0233 e. The Hall–Kier alpha value is -0.520. The summed E-state index contributed by atoms with van der Waals surface area (Å²) in [6.07, 6.45) is 28.8. The van der Waals surface area contributed by atoms with Gasteiger partial charge in [0.05, 0.1) is 0 Å².